The summed E-state index contributed by atoms with van der Waals surface area (Å²) in [5.41, 5.74) is 1.27. The third-order valence-corrected chi connectivity index (χ3v) is 4.87. The van der Waals surface area contributed by atoms with Crippen molar-refractivity contribution in [1.29, 1.82) is 0 Å². The van der Waals surface area contributed by atoms with Crippen LogP contribution in [0.25, 0.3) is 10.8 Å². The van der Waals surface area contributed by atoms with E-state index in [0.29, 0.717) is 6.04 Å². The number of nitrogens with one attached hydrogen (secondary N) is 1. The number of pyridine rings is 1. The van der Waals surface area contributed by atoms with Gasteiger partial charge in [-0.15, -0.1) is 0 Å². The fraction of sp³-hybridized carbons (Fsp3) is 0.500. The van der Waals surface area contributed by atoms with Gasteiger partial charge in [0.1, 0.15) is 5.82 Å². The van der Waals surface area contributed by atoms with Crippen LogP contribution in [0.15, 0.2) is 30.5 Å². The van der Waals surface area contributed by atoms with Crippen LogP contribution in [0.2, 0.25) is 0 Å². The van der Waals surface area contributed by atoms with Gasteiger partial charge in [-0.05, 0) is 43.7 Å². The highest BCUT2D eigenvalue weighted by molar-refractivity contribution is 5.94. The minimum absolute atomic E-state index is 0.560. The maximum atomic E-state index is 4.82. The third-order valence-electron chi connectivity index (χ3n) is 4.87. The summed E-state index contributed by atoms with van der Waals surface area (Å²) in [7, 11) is 1.98. The molecule has 0 radical (unpaired) electrons. The summed E-state index contributed by atoms with van der Waals surface area (Å²) < 4.78 is 0. The van der Waals surface area contributed by atoms with E-state index in [4.69, 9.17) is 4.98 Å². The molecule has 2 heterocycles. The van der Waals surface area contributed by atoms with Crippen LogP contribution in [0, 0.1) is 5.92 Å². The second kappa shape index (κ2) is 6.02. The Morgan fingerprint density at radius 1 is 1.24 bits per heavy atom. The fourth-order valence-electron chi connectivity index (χ4n) is 3.43. The first-order valence-corrected chi connectivity index (χ1v) is 8.00. The van der Waals surface area contributed by atoms with E-state index in [1.807, 2.05) is 13.2 Å². The van der Waals surface area contributed by atoms with Gasteiger partial charge in [-0.2, -0.15) is 0 Å². The number of nitrogens with zero attached hydrogens (tertiary/aromatic N) is 2. The molecule has 3 rings (SSSR count). The second-order valence-electron chi connectivity index (χ2n) is 6.24. The van der Waals surface area contributed by atoms with E-state index in [0.717, 1.165) is 24.8 Å². The molecule has 1 fully saturated rings. The molecule has 0 saturated carbocycles. The molecule has 0 spiro atoms. The van der Waals surface area contributed by atoms with Crippen LogP contribution >= 0.6 is 0 Å². The predicted molar refractivity (Wildman–Crippen MR) is 89.7 cm³/mol. The van der Waals surface area contributed by atoms with Crippen molar-refractivity contribution in [2.75, 3.05) is 18.5 Å². The van der Waals surface area contributed by atoms with E-state index in [-0.39, 0.29) is 0 Å². The van der Waals surface area contributed by atoms with Crippen molar-refractivity contribution in [3.8, 4) is 0 Å². The Bertz CT molecular complexity index is 623. The number of anilines is 1. The van der Waals surface area contributed by atoms with E-state index >= 15 is 0 Å². The number of rotatable bonds is 3. The summed E-state index contributed by atoms with van der Waals surface area (Å²) in [6, 6.07) is 9.22. The third kappa shape index (κ3) is 2.62. The summed E-state index contributed by atoms with van der Waals surface area (Å²) in [4.78, 5) is 7.32. The molecular formula is C18H25N3. The summed E-state index contributed by atoms with van der Waals surface area (Å²) >= 11 is 0. The second-order valence-corrected chi connectivity index (χ2v) is 6.24. The molecule has 2 atom stereocenters. The van der Waals surface area contributed by atoms with Gasteiger partial charge >= 0.3 is 0 Å². The zero-order chi connectivity index (χ0) is 14.8. The minimum Gasteiger partial charge on any atom is -0.353 e. The van der Waals surface area contributed by atoms with Gasteiger partial charge in [0.05, 0.1) is 0 Å². The fourth-order valence-corrected chi connectivity index (χ4v) is 3.43. The Hall–Kier alpha value is -1.61. The maximum Gasteiger partial charge on any atom is 0.136 e. The monoisotopic (exact) mass is 283 g/mol. The first-order chi connectivity index (χ1) is 10.2. The number of aromatic nitrogens is 1. The molecule has 3 nitrogen and oxygen atoms in total. The average molecular weight is 283 g/mol. The molecule has 0 amide bonds. The van der Waals surface area contributed by atoms with Gasteiger partial charge in [0.2, 0.25) is 0 Å². The smallest absolute Gasteiger partial charge is 0.136 e. The lowest BCUT2D eigenvalue weighted by Gasteiger charge is -2.39. The average Bonchev–Trinajstić information content (AvgIpc) is 2.51. The summed E-state index contributed by atoms with van der Waals surface area (Å²) in [6.45, 7) is 6.67. The van der Waals surface area contributed by atoms with Crippen molar-refractivity contribution in [3.63, 3.8) is 0 Å². The first kappa shape index (κ1) is 14.3. The number of hydrogen-bond acceptors (Lipinski definition) is 3. The normalized spacial score (nSPS) is 22.7. The van der Waals surface area contributed by atoms with Crippen LogP contribution in [0.3, 0.4) is 0 Å². The molecule has 1 saturated heterocycles. The highest BCUT2D eigenvalue weighted by atomic mass is 15.2. The van der Waals surface area contributed by atoms with E-state index in [9.17, 15) is 0 Å². The minimum atomic E-state index is 0.560. The van der Waals surface area contributed by atoms with Crippen molar-refractivity contribution < 1.29 is 0 Å². The molecular weight excluding hydrogens is 258 g/mol. The lowest BCUT2D eigenvalue weighted by atomic mass is 9.91. The Morgan fingerprint density at radius 2 is 2.00 bits per heavy atom. The van der Waals surface area contributed by atoms with Crippen molar-refractivity contribution in [1.82, 2.24) is 10.3 Å². The van der Waals surface area contributed by atoms with Gasteiger partial charge in [0, 0.05) is 30.7 Å². The van der Waals surface area contributed by atoms with Crippen LogP contribution in [0.5, 0.6) is 0 Å². The van der Waals surface area contributed by atoms with E-state index < -0.39 is 0 Å². The van der Waals surface area contributed by atoms with Crippen molar-refractivity contribution in [3.05, 3.63) is 36.0 Å². The Morgan fingerprint density at radius 3 is 2.76 bits per heavy atom. The topological polar surface area (TPSA) is 28.2 Å². The van der Waals surface area contributed by atoms with Gasteiger partial charge in [0.15, 0.2) is 0 Å². The molecule has 1 aromatic heterocycles. The molecule has 1 N–H and O–H groups in total. The van der Waals surface area contributed by atoms with Gasteiger partial charge in [0.25, 0.3) is 0 Å². The summed E-state index contributed by atoms with van der Waals surface area (Å²) in [5.74, 6) is 1.89. The van der Waals surface area contributed by atoms with Gasteiger partial charge < -0.3 is 10.2 Å². The molecule has 21 heavy (non-hydrogen) atoms. The molecule has 1 aliphatic heterocycles. The van der Waals surface area contributed by atoms with Crippen LogP contribution < -0.4 is 10.2 Å². The van der Waals surface area contributed by atoms with Crippen molar-refractivity contribution in [2.24, 2.45) is 5.92 Å². The van der Waals surface area contributed by atoms with E-state index in [2.05, 4.69) is 48.3 Å². The number of fused-ring (bicyclic) bond motifs is 1. The highest BCUT2D eigenvalue weighted by Crippen LogP contribution is 2.33. The Balaban J connectivity index is 2.09. The van der Waals surface area contributed by atoms with Gasteiger partial charge in [-0.1, -0.05) is 31.2 Å². The molecule has 0 bridgehead atoms. The first-order valence-electron chi connectivity index (χ1n) is 8.00. The molecule has 112 valence electrons. The van der Waals surface area contributed by atoms with Crippen LogP contribution in [0.1, 0.15) is 32.3 Å². The predicted octanol–water partition coefficient (Wildman–Crippen LogP) is 3.58. The molecule has 0 aliphatic carbocycles. The number of benzene rings is 1. The number of hydrogen-bond donors (Lipinski definition) is 1. The van der Waals surface area contributed by atoms with Crippen LogP contribution in [-0.4, -0.2) is 24.6 Å². The standard InChI is InChI=1S/C18H25N3/c1-13-7-6-10-21(14(13)2)18-17-9-5-4-8-16(17)15(11-19-3)12-20-18/h4-5,8-9,12-14,19H,6-7,10-11H2,1-3H3. The maximum absolute atomic E-state index is 4.82. The quantitative estimate of drug-likeness (QED) is 0.933. The SMILES string of the molecule is CNCc1cnc(N2CCCC(C)C2C)c2ccccc12. The Labute approximate surface area is 127 Å². The summed E-state index contributed by atoms with van der Waals surface area (Å²) in [6.07, 6.45) is 4.63. The molecule has 1 aromatic carbocycles. The molecule has 1 aliphatic rings. The van der Waals surface area contributed by atoms with E-state index in [1.165, 1.54) is 29.2 Å². The summed E-state index contributed by atoms with van der Waals surface area (Å²) in [5, 5.41) is 5.84. The molecule has 2 aromatic rings. The van der Waals surface area contributed by atoms with Crippen molar-refractivity contribution >= 4 is 16.6 Å². The van der Waals surface area contributed by atoms with Crippen LogP contribution in [0.4, 0.5) is 5.82 Å². The largest absolute Gasteiger partial charge is 0.353 e. The zero-order valence-corrected chi connectivity index (χ0v) is 13.3. The van der Waals surface area contributed by atoms with Gasteiger partial charge in [-0.25, -0.2) is 4.98 Å². The van der Waals surface area contributed by atoms with E-state index in [1.54, 1.807) is 0 Å². The lowest BCUT2D eigenvalue weighted by Crippen LogP contribution is -2.43. The van der Waals surface area contributed by atoms with Crippen molar-refractivity contribution in [2.45, 2.75) is 39.3 Å². The highest BCUT2D eigenvalue weighted by Gasteiger charge is 2.26. The zero-order valence-electron chi connectivity index (χ0n) is 13.3. The van der Waals surface area contributed by atoms with Gasteiger partial charge in [-0.3, -0.25) is 0 Å². The lowest BCUT2D eigenvalue weighted by molar-refractivity contribution is 0.362. The molecule has 2 unspecified atom stereocenters. The number of piperidine rings is 1. The molecule has 3 heteroatoms. The Kier molecular flexibility index (Phi) is 4.11. The van der Waals surface area contributed by atoms with Crippen LogP contribution in [-0.2, 0) is 6.54 Å².